The number of fused-ring (bicyclic) bond motifs is 1. The molecule has 264 valence electrons. The molecular weight excluding hydrogens is 738 g/mol. The van der Waals surface area contributed by atoms with Crippen LogP contribution in [-0.4, -0.2) is 75.9 Å². The van der Waals surface area contributed by atoms with E-state index in [1.807, 2.05) is 0 Å². The van der Waals surface area contributed by atoms with Gasteiger partial charge in [-0.1, -0.05) is 46.0 Å². The van der Waals surface area contributed by atoms with E-state index in [2.05, 4.69) is 42.8 Å². The summed E-state index contributed by atoms with van der Waals surface area (Å²) in [5.74, 6) is 5.17. The lowest BCUT2D eigenvalue weighted by Gasteiger charge is -2.44. The summed E-state index contributed by atoms with van der Waals surface area (Å²) in [7, 11) is -2.81. The molecule has 2 N–H and O–H groups in total. The minimum Gasteiger partial charge on any atom is -0.480 e. The van der Waals surface area contributed by atoms with E-state index in [0.29, 0.717) is 34.1 Å². The molecule has 2 saturated heterocycles. The first-order valence-corrected chi connectivity index (χ1v) is 18.1. The van der Waals surface area contributed by atoms with Gasteiger partial charge in [-0.25, -0.2) is 18.9 Å². The van der Waals surface area contributed by atoms with Crippen LogP contribution in [0.1, 0.15) is 44.5 Å². The molecule has 2 fully saturated rings. The van der Waals surface area contributed by atoms with E-state index in [-0.39, 0.29) is 17.2 Å². The summed E-state index contributed by atoms with van der Waals surface area (Å²) in [5.41, 5.74) is -0.272. The fourth-order valence-electron chi connectivity index (χ4n) is 5.73. The molecule has 1 unspecified atom stereocenters. The molecule has 6 rings (SSSR count). The molecule has 4 aromatic rings. The van der Waals surface area contributed by atoms with Crippen molar-refractivity contribution >= 4 is 40.7 Å². The number of para-hydroxylation sites is 1. The fraction of sp³-hybridized carbons (Fsp3) is 0.382. The second-order valence-electron chi connectivity index (χ2n) is 12.0. The number of methoxy groups -OCH3 is 1. The Kier molecular flexibility index (Phi) is 10.6. The maximum Gasteiger partial charge on any atom is 0.459 e. The maximum absolute atomic E-state index is 14.6. The van der Waals surface area contributed by atoms with Crippen molar-refractivity contribution in [3.05, 3.63) is 82.5 Å². The van der Waals surface area contributed by atoms with Gasteiger partial charge >= 0.3 is 13.7 Å². The number of hydrogen-bond acceptors (Lipinski definition) is 11. The summed E-state index contributed by atoms with van der Waals surface area (Å²) in [5, 5.41) is 14.7. The van der Waals surface area contributed by atoms with Gasteiger partial charge in [0.2, 0.25) is 5.88 Å². The normalized spacial score (nSPS) is 23.2. The number of rotatable bonds is 11. The lowest BCUT2D eigenvalue weighted by molar-refractivity contribution is -0.225. The molecule has 0 aliphatic carbocycles. The minimum atomic E-state index is -4.27. The zero-order valence-corrected chi connectivity index (χ0v) is 30.0. The van der Waals surface area contributed by atoms with Gasteiger partial charge in [-0.15, -0.1) is 0 Å². The van der Waals surface area contributed by atoms with E-state index in [1.54, 1.807) is 67.1 Å². The van der Waals surface area contributed by atoms with Gasteiger partial charge in [-0.2, -0.15) is 5.09 Å². The highest BCUT2D eigenvalue weighted by atomic mass is 79.9. The van der Waals surface area contributed by atoms with E-state index < -0.39 is 62.3 Å². The zero-order chi connectivity index (χ0) is 35.6. The highest BCUT2D eigenvalue weighted by molar-refractivity contribution is 9.10. The quantitative estimate of drug-likeness (QED) is 0.116. The van der Waals surface area contributed by atoms with Crippen molar-refractivity contribution in [2.75, 3.05) is 20.3 Å². The molecule has 0 amide bonds. The molecule has 4 heterocycles. The topological polar surface area (TPSA) is 152 Å². The molecule has 50 heavy (non-hydrogen) atoms. The lowest BCUT2D eigenvalue weighted by atomic mass is 9.86. The van der Waals surface area contributed by atoms with Crippen LogP contribution in [0.25, 0.3) is 11.0 Å². The van der Waals surface area contributed by atoms with Crippen LogP contribution < -0.4 is 14.3 Å². The second kappa shape index (κ2) is 14.8. The second-order valence-corrected chi connectivity index (χ2v) is 14.6. The van der Waals surface area contributed by atoms with Crippen molar-refractivity contribution in [1.82, 2.24) is 19.6 Å². The molecule has 2 aromatic carbocycles. The van der Waals surface area contributed by atoms with Crippen LogP contribution in [0.4, 0.5) is 4.39 Å². The van der Waals surface area contributed by atoms with E-state index in [1.165, 1.54) is 26.4 Å². The molecule has 16 heteroatoms. The summed E-state index contributed by atoms with van der Waals surface area (Å²) in [6.07, 6.45) is -0.285. The summed E-state index contributed by atoms with van der Waals surface area (Å²) in [6, 6.07) is 11.8. The maximum atomic E-state index is 14.6. The van der Waals surface area contributed by atoms with E-state index in [0.717, 1.165) is 0 Å². The smallest absolute Gasteiger partial charge is 0.459 e. The number of carbonyl (C=O) groups is 1. The number of hydrogen-bond donors (Lipinski definition) is 2. The molecule has 2 aliphatic heterocycles. The Bertz CT molecular complexity index is 1980. The van der Waals surface area contributed by atoms with Gasteiger partial charge in [0.15, 0.2) is 11.9 Å². The number of halogens is 2. The first-order chi connectivity index (χ1) is 23.9. The zero-order valence-electron chi connectivity index (χ0n) is 27.5. The van der Waals surface area contributed by atoms with Crippen molar-refractivity contribution < 1.29 is 46.9 Å². The Labute approximate surface area is 296 Å². The molecule has 0 radical (unpaired) electrons. The van der Waals surface area contributed by atoms with Gasteiger partial charge < -0.3 is 33.1 Å². The van der Waals surface area contributed by atoms with Gasteiger partial charge in [-0.3, -0.25) is 9.32 Å². The van der Waals surface area contributed by atoms with E-state index in [4.69, 9.17) is 28.0 Å². The van der Waals surface area contributed by atoms with Crippen molar-refractivity contribution in [2.45, 2.75) is 63.4 Å². The Morgan fingerprint density at radius 2 is 1.94 bits per heavy atom. The molecule has 2 aliphatic rings. The van der Waals surface area contributed by atoms with E-state index in [9.17, 15) is 18.9 Å². The monoisotopic (exact) mass is 772 g/mol. The molecule has 0 saturated carbocycles. The summed E-state index contributed by atoms with van der Waals surface area (Å²) in [6.45, 7) is 4.80. The summed E-state index contributed by atoms with van der Waals surface area (Å²) in [4.78, 5) is 21.3. The summed E-state index contributed by atoms with van der Waals surface area (Å²) < 4.78 is 65.8. The summed E-state index contributed by atoms with van der Waals surface area (Å²) >= 11 is 3.25. The average Bonchev–Trinajstić information content (AvgIpc) is 3.58. The van der Waals surface area contributed by atoms with Crippen LogP contribution >= 0.6 is 23.7 Å². The number of aromatic nitrogens is 3. The number of nitrogens with zero attached hydrogens (tertiary/aromatic N) is 3. The molecule has 2 aromatic heterocycles. The first-order valence-electron chi connectivity index (χ1n) is 15.7. The molecule has 6 atom stereocenters. The molecule has 1 spiro atoms. The van der Waals surface area contributed by atoms with Crippen LogP contribution in [0.5, 0.6) is 11.6 Å². The largest absolute Gasteiger partial charge is 0.480 e. The predicted octanol–water partition coefficient (Wildman–Crippen LogP) is 5.29. The van der Waals surface area contributed by atoms with Crippen molar-refractivity contribution in [3.8, 4) is 23.5 Å². The third kappa shape index (κ3) is 7.29. The molecule has 13 nitrogen and oxygen atoms in total. The first kappa shape index (κ1) is 35.9. The van der Waals surface area contributed by atoms with Crippen LogP contribution in [0, 0.1) is 17.7 Å². The van der Waals surface area contributed by atoms with Crippen molar-refractivity contribution in [3.63, 3.8) is 0 Å². The minimum absolute atomic E-state index is 0.177. The number of aliphatic hydroxyl groups excluding tert-OH is 1. The Morgan fingerprint density at radius 3 is 2.60 bits per heavy atom. The van der Waals surface area contributed by atoms with Gasteiger partial charge in [0.1, 0.15) is 41.7 Å². The van der Waals surface area contributed by atoms with Crippen molar-refractivity contribution in [1.29, 1.82) is 0 Å². The number of nitrogens with one attached hydrogen (secondary N) is 1. The Hall–Kier alpha value is -3.87. The number of carbonyl (C=O) groups excluding carboxylic acids is 1. The third-order valence-corrected chi connectivity index (χ3v) is 10.3. The number of aliphatic hydroxyl groups is 1. The van der Waals surface area contributed by atoms with Gasteiger partial charge in [0.25, 0.3) is 0 Å². The van der Waals surface area contributed by atoms with E-state index >= 15 is 0 Å². The predicted molar refractivity (Wildman–Crippen MR) is 182 cm³/mol. The van der Waals surface area contributed by atoms with Crippen LogP contribution in [0.2, 0.25) is 0 Å². The van der Waals surface area contributed by atoms with Crippen molar-refractivity contribution in [2.24, 2.45) is 0 Å². The van der Waals surface area contributed by atoms with Gasteiger partial charge in [-0.05, 0) is 51.1 Å². The Balaban J connectivity index is 1.31. The number of ether oxygens (including phenoxy) is 4. The lowest BCUT2D eigenvalue weighted by Crippen LogP contribution is -2.56. The molecule has 0 bridgehead atoms. The number of benzene rings is 2. The van der Waals surface area contributed by atoms with Crippen LogP contribution in [-0.2, 0) is 28.1 Å². The highest BCUT2D eigenvalue weighted by Crippen LogP contribution is 2.52. The average molecular weight is 774 g/mol. The van der Waals surface area contributed by atoms with Crippen LogP contribution in [0.15, 0.2) is 65.5 Å². The van der Waals surface area contributed by atoms with Gasteiger partial charge in [0, 0.05) is 17.1 Å². The highest BCUT2D eigenvalue weighted by Gasteiger charge is 2.62. The molecular formula is C34H35BrFN4O9P. The SMILES string of the molecule is COc1ncnc2c1c(C#Cc1ccc(Br)cc1F)cn2[C@@H]1O[C@H](COP(=O)(N[C@@H](C)C(=O)OC(C)C)Oc2ccccc2)[C@@H](O)[C@]12CCO2. The third-order valence-electron chi connectivity index (χ3n) is 8.16. The van der Waals surface area contributed by atoms with Crippen LogP contribution in [0.3, 0.4) is 0 Å². The fourth-order valence-corrected chi connectivity index (χ4v) is 7.57. The van der Waals surface area contributed by atoms with Gasteiger partial charge in [0.05, 0.1) is 42.9 Å². The number of esters is 1. The Morgan fingerprint density at radius 1 is 1.20 bits per heavy atom. The standard InChI is InChI=1S/C34H35BrFN4O9P/c1-20(2)47-32(42)21(3)39-50(43,49-25-8-6-5-7-9-25)46-18-27-29(41)34(14-15-45-34)33(48-27)40-17-23(28-30(40)37-19-38-31(28)44-4)11-10-22-12-13-24(35)16-26(22)36/h5-9,12-13,16-17,19-21,27,29,33,41H,14-15,18H2,1-4H3,(H,39,43)/t21-,27+,29+,33+,34+,50?/m0/s1.